The number of carbonyl (C=O) groups excluding carboxylic acids is 1. The van der Waals surface area contributed by atoms with Crippen LogP contribution in [0.25, 0.3) is 0 Å². The van der Waals surface area contributed by atoms with Crippen molar-refractivity contribution in [3.63, 3.8) is 0 Å². The van der Waals surface area contributed by atoms with Gasteiger partial charge in [0.2, 0.25) is 0 Å². The van der Waals surface area contributed by atoms with E-state index in [9.17, 15) is 4.79 Å². The zero-order valence-electron chi connectivity index (χ0n) is 11.0. The molecule has 1 N–H and O–H groups in total. The summed E-state index contributed by atoms with van der Waals surface area (Å²) in [6.45, 7) is 4.57. The first kappa shape index (κ1) is 13.8. The second-order valence-corrected chi connectivity index (χ2v) is 5.43. The highest BCUT2D eigenvalue weighted by Crippen LogP contribution is 2.16. The lowest BCUT2D eigenvalue weighted by molar-refractivity contribution is 0.0951. The van der Waals surface area contributed by atoms with E-state index >= 15 is 0 Å². The first-order valence-electron chi connectivity index (χ1n) is 6.17. The Morgan fingerprint density at radius 1 is 1.11 bits per heavy atom. The van der Waals surface area contributed by atoms with Gasteiger partial charge in [0, 0.05) is 16.6 Å². The molecule has 0 aliphatic rings. The lowest BCUT2D eigenvalue weighted by Gasteiger charge is -2.08. The molecule has 2 aromatic carbocycles. The maximum Gasteiger partial charge on any atom is 0.251 e. The molecule has 0 unspecified atom stereocenters. The first-order valence-corrected chi connectivity index (χ1v) is 6.96. The second-order valence-electron chi connectivity index (χ2n) is 4.57. The SMILES string of the molecule is Cc1ccc(C(=O)NCc2ccccc2Br)cc1C. The normalized spacial score (nSPS) is 10.3. The quantitative estimate of drug-likeness (QED) is 0.911. The highest BCUT2D eigenvalue weighted by Gasteiger charge is 2.07. The largest absolute Gasteiger partial charge is 0.348 e. The van der Waals surface area contributed by atoms with Gasteiger partial charge in [0.25, 0.3) is 5.91 Å². The topological polar surface area (TPSA) is 29.1 Å². The number of amides is 1. The summed E-state index contributed by atoms with van der Waals surface area (Å²) in [6, 6.07) is 13.6. The molecule has 0 radical (unpaired) electrons. The average molecular weight is 318 g/mol. The summed E-state index contributed by atoms with van der Waals surface area (Å²) in [6.07, 6.45) is 0. The molecule has 0 aliphatic carbocycles. The van der Waals surface area contributed by atoms with Crippen LogP contribution < -0.4 is 5.32 Å². The Bertz CT molecular complexity index is 607. The fourth-order valence-corrected chi connectivity index (χ4v) is 2.23. The van der Waals surface area contributed by atoms with Gasteiger partial charge in [0.1, 0.15) is 0 Å². The van der Waals surface area contributed by atoms with Crippen LogP contribution in [0.3, 0.4) is 0 Å². The molecule has 0 atom stereocenters. The number of nitrogens with one attached hydrogen (secondary N) is 1. The van der Waals surface area contributed by atoms with Gasteiger partial charge in [0.05, 0.1) is 0 Å². The lowest BCUT2D eigenvalue weighted by Crippen LogP contribution is -2.23. The van der Waals surface area contributed by atoms with Crippen molar-refractivity contribution < 1.29 is 4.79 Å². The smallest absolute Gasteiger partial charge is 0.251 e. The van der Waals surface area contributed by atoms with Crippen LogP contribution in [0.2, 0.25) is 0 Å². The maximum atomic E-state index is 12.1. The van der Waals surface area contributed by atoms with Crippen LogP contribution in [0, 0.1) is 13.8 Å². The average Bonchev–Trinajstić information content (AvgIpc) is 2.40. The van der Waals surface area contributed by atoms with Gasteiger partial charge in [-0.05, 0) is 48.7 Å². The van der Waals surface area contributed by atoms with Gasteiger partial charge in [-0.3, -0.25) is 4.79 Å². The van der Waals surface area contributed by atoms with Crippen molar-refractivity contribution >= 4 is 21.8 Å². The highest BCUT2D eigenvalue weighted by molar-refractivity contribution is 9.10. The number of hydrogen-bond donors (Lipinski definition) is 1. The zero-order chi connectivity index (χ0) is 13.8. The third-order valence-electron chi connectivity index (χ3n) is 3.17. The first-order chi connectivity index (χ1) is 9.08. The molecule has 2 aromatic rings. The van der Waals surface area contributed by atoms with E-state index in [0.717, 1.165) is 15.6 Å². The molecule has 2 nitrogen and oxygen atoms in total. The van der Waals surface area contributed by atoms with Gasteiger partial charge in [-0.2, -0.15) is 0 Å². The van der Waals surface area contributed by atoms with Crippen molar-refractivity contribution in [1.29, 1.82) is 0 Å². The summed E-state index contributed by atoms with van der Waals surface area (Å²) in [5, 5.41) is 2.93. The van der Waals surface area contributed by atoms with Crippen molar-refractivity contribution in [1.82, 2.24) is 5.32 Å². The molecule has 0 aromatic heterocycles. The van der Waals surface area contributed by atoms with E-state index in [1.807, 2.05) is 56.3 Å². The second kappa shape index (κ2) is 6.02. The summed E-state index contributed by atoms with van der Waals surface area (Å²) < 4.78 is 1.01. The molecular formula is C16H16BrNO. The van der Waals surface area contributed by atoms with E-state index in [1.54, 1.807) is 0 Å². The Morgan fingerprint density at radius 3 is 2.53 bits per heavy atom. The maximum absolute atomic E-state index is 12.1. The molecule has 0 saturated heterocycles. The van der Waals surface area contributed by atoms with Crippen LogP contribution in [0.4, 0.5) is 0 Å². The molecule has 0 spiro atoms. The number of halogens is 1. The van der Waals surface area contributed by atoms with Crippen LogP contribution in [0.5, 0.6) is 0 Å². The van der Waals surface area contributed by atoms with Crippen LogP contribution in [0.1, 0.15) is 27.0 Å². The van der Waals surface area contributed by atoms with Crippen LogP contribution >= 0.6 is 15.9 Å². The predicted octanol–water partition coefficient (Wildman–Crippen LogP) is 4.00. The molecular weight excluding hydrogens is 302 g/mol. The molecule has 1 amide bonds. The molecule has 2 rings (SSSR count). The van der Waals surface area contributed by atoms with E-state index in [-0.39, 0.29) is 5.91 Å². The Morgan fingerprint density at radius 2 is 1.84 bits per heavy atom. The van der Waals surface area contributed by atoms with Gasteiger partial charge in [-0.25, -0.2) is 0 Å². The Labute approximate surface area is 122 Å². The van der Waals surface area contributed by atoms with Crippen LogP contribution in [-0.2, 0) is 6.54 Å². The number of carbonyl (C=O) groups is 1. The van der Waals surface area contributed by atoms with Gasteiger partial charge < -0.3 is 5.32 Å². The summed E-state index contributed by atoms with van der Waals surface area (Å²) in [5.41, 5.74) is 4.10. The third-order valence-corrected chi connectivity index (χ3v) is 3.94. The number of benzene rings is 2. The van der Waals surface area contributed by atoms with E-state index in [1.165, 1.54) is 5.56 Å². The number of rotatable bonds is 3. The van der Waals surface area contributed by atoms with Gasteiger partial charge in [-0.15, -0.1) is 0 Å². The molecule has 3 heteroatoms. The Kier molecular flexibility index (Phi) is 4.38. The van der Waals surface area contributed by atoms with Crippen molar-refractivity contribution in [3.8, 4) is 0 Å². The number of hydrogen-bond acceptors (Lipinski definition) is 1. The zero-order valence-corrected chi connectivity index (χ0v) is 12.6. The molecule has 0 aliphatic heterocycles. The van der Waals surface area contributed by atoms with E-state index in [4.69, 9.17) is 0 Å². The van der Waals surface area contributed by atoms with Gasteiger partial charge in [0.15, 0.2) is 0 Å². The minimum absolute atomic E-state index is 0.0427. The van der Waals surface area contributed by atoms with Crippen LogP contribution in [0.15, 0.2) is 46.9 Å². The predicted molar refractivity (Wildman–Crippen MR) is 81.2 cm³/mol. The van der Waals surface area contributed by atoms with E-state index in [2.05, 4.69) is 21.2 Å². The van der Waals surface area contributed by atoms with Crippen molar-refractivity contribution in [3.05, 3.63) is 69.2 Å². The van der Waals surface area contributed by atoms with E-state index < -0.39 is 0 Å². The molecule has 98 valence electrons. The fraction of sp³-hybridized carbons (Fsp3) is 0.188. The van der Waals surface area contributed by atoms with Crippen molar-refractivity contribution in [2.24, 2.45) is 0 Å². The highest BCUT2D eigenvalue weighted by atomic mass is 79.9. The third kappa shape index (κ3) is 3.44. The minimum Gasteiger partial charge on any atom is -0.348 e. The summed E-state index contributed by atoms with van der Waals surface area (Å²) in [5.74, 6) is -0.0427. The molecule has 0 saturated carbocycles. The van der Waals surface area contributed by atoms with Crippen molar-refractivity contribution in [2.45, 2.75) is 20.4 Å². The standard InChI is InChI=1S/C16H16BrNO/c1-11-7-8-13(9-12(11)2)16(19)18-10-14-5-3-4-6-15(14)17/h3-9H,10H2,1-2H3,(H,18,19). The number of aryl methyl sites for hydroxylation is 2. The van der Waals surface area contributed by atoms with E-state index in [0.29, 0.717) is 12.1 Å². The molecule has 0 bridgehead atoms. The Hall–Kier alpha value is -1.61. The molecule has 0 heterocycles. The van der Waals surface area contributed by atoms with Gasteiger partial charge >= 0.3 is 0 Å². The van der Waals surface area contributed by atoms with Gasteiger partial charge in [-0.1, -0.05) is 40.2 Å². The summed E-state index contributed by atoms with van der Waals surface area (Å²) >= 11 is 3.47. The Balaban J connectivity index is 2.05. The van der Waals surface area contributed by atoms with Crippen molar-refractivity contribution in [2.75, 3.05) is 0 Å². The molecule has 19 heavy (non-hydrogen) atoms. The van der Waals surface area contributed by atoms with Crippen LogP contribution in [-0.4, -0.2) is 5.91 Å². The minimum atomic E-state index is -0.0427. The molecule has 0 fully saturated rings. The summed E-state index contributed by atoms with van der Waals surface area (Å²) in [7, 11) is 0. The lowest BCUT2D eigenvalue weighted by atomic mass is 10.1. The monoisotopic (exact) mass is 317 g/mol. The fourth-order valence-electron chi connectivity index (χ4n) is 1.80. The summed E-state index contributed by atoms with van der Waals surface area (Å²) in [4.78, 5) is 12.1.